The molecule has 0 saturated carbocycles. The average Bonchev–Trinajstić information content (AvgIpc) is 2.61. The summed E-state index contributed by atoms with van der Waals surface area (Å²) in [5, 5.41) is 3.54. The molecule has 1 saturated heterocycles. The van der Waals surface area contributed by atoms with E-state index in [1.54, 1.807) is 7.11 Å². The summed E-state index contributed by atoms with van der Waals surface area (Å²) in [5.74, 6) is 0. The minimum atomic E-state index is 0.558. The lowest BCUT2D eigenvalue weighted by atomic mass is 10.1. The minimum absolute atomic E-state index is 0.558. The zero-order valence-corrected chi connectivity index (χ0v) is 11.5. The molecule has 1 unspecified atom stereocenters. The molecular formula is C15H24N2O. The van der Waals surface area contributed by atoms with Crippen LogP contribution in [0.15, 0.2) is 24.3 Å². The van der Waals surface area contributed by atoms with Crippen molar-refractivity contribution < 1.29 is 4.74 Å². The minimum Gasteiger partial charge on any atom is -0.384 e. The van der Waals surface area contributed by atoms with Crippen LogP contribution < -0.4 is 10.2 Å². The lowest BCUT2D eigenvalue weighted by molar-refractivity contribution is 0.202. The predicted molar refractivity (Wildman–Crippen MR) is 76.3 cm³/mol. The van der Waals surface area contributed by atoms with Gasteiger partial charge in [0.2, 0.25) is 0 Å². The normalized spacial score (nSPS) is 20.8. The van der Waals surface area contributed by atoms with Gasteiger partial charge >= 0.3 is 0 Å². The number of ether oxygens (including phenoxy) is 1. The van der Waals surface area contributed by atoms with E-state index < -0.39 is 0 Å². The molecule has 0 amide bonds. The van der Waals surface area contributed by atoms with Crippen LogP contribution in [0.25, 0.3) is 0 Å². The molecule has 1 N–H and O–H groups in total. The first-order chi connectivity index (χ1) is 8.81. The predicted octanol–water partition coefficient (Wildman–Crippen LogP) is 2.06. The Bertz CT molecular complexity index is 367. The maximum atomic E-state index is 5.20. The zero-order valence-electron chi connectivity index (χ0n) is 11.5. The molecule has 0 spiro atoms. The Morgan fingerprint density at radius 2 is 2.22 bits per heavy atom. The van der Waals surface area contributed by atoms with Gasteiger partial charge in [-0.15, -0.1) is 0 Å². The monoisotopic (exact) mass is 248 g/mol. The second kappa shape index (κ2) is 6.76. The number of benzene rings is 1. The van der Waals surface area contributed by atoms with Crippen molar-refractivity contribution in [1.29, 1.82) is 0 Å². The summed E-state index contributed by atoms with van der Waals surface area (Å²) in [6.07, 6.45) is 2.20. The van der Waals surface area contributed by atoms with Gasteiger partial charge in [-0.1, -0.05) is 18.2 Å². The van der Waals surface area contributed by atoms with Gasteiger partial charge < -0.3 is 15.0 Å². The van der Waals surface area contributed by atoms with Crippen molar-refractivity contribution in [3.8, 4) is 0 Å². The summed E-state index contributed by atoms with van der Waals surface area (Å²) in [6, 6.07) is 9.27. The largest absolute Gasteiger partial charge is 0.384 e. The van der Waals surface area contributed by atoms with Crippen LogP contribution in [0.5, 0.6) is 0 Å². The molecule has 3 nitrogen and oxygen atoms in total. The highest BCUT2D eigenvalue weighted by atomic mass is 16.5. The zero-order chi connectivity index (χ0) is 12.8. The summed E-state index contributed by atoms with van der Waals surface area (Å²) in [4.78, 5) is 2.51. The topological polar surface area (TPSA) is 24.5 Å². The third kappa shape index (κ3) is 3.47. The van der Waals surface area contributed by atoms with Crippen LogP contribution in [0.2, 0.25) is 0 Å². The van der Waals surface area contributed by atoms with Gasteiger partial charge in [0.15, 0.2) is 0 Å². The smallest absolute Gasteiger partial charge is 0.0503 e. The van der Waals surface area contributed by atoms with Crippen molar-refractivity contribution in [2.45, 2.75) is 25.8 Å². The van der Waals surface area contributed by atoms with Crippen LogP contribution >= 0.6 is 0 Å². The number of rotatable bonds is 4. The number of para-hydroxylation sites is 1. The molecule has 0 aromatic heterocycles. The summed E-state index contributed by atoms with van der Waals surface area (Å²) in [5.41, 5.74) is 2.78. The van der Waals surface area contributed by atoms with E-state index in [1.807, 2.05) is 0 Å². The highest BCUT2D eigenvalue weighted by Crippen LogP contribution is 2.22. The Labute approximate surface area is 110 Å². The molecule has 3 heteroatoms. The molecule has 1 aromatic carbocycles. The fourth-order valence-corrected chi connectivity index (χ4v) is 2.57. The van der Waals surface area contributed by atoms with Gasteiger partial charge in [0.1, 0.15) is 0 Å². The second-order valence-corrected chi connectivity index (χ2v) is 5.03. The second-order valence-electron chi connectivity index (χ2n) is 5.03. The van der Waals surface area contributed by atoms with Gasteiger partial charge in [-0.3, -0.25) is 0 Å². The number of methoxy groups -OCH3 is 1. The van der Waals surface area contributed by atoms with E-state index in [0.717, 1.165) is 32.7 Å². The van der Waals surface area contributed by atoms with Gasteiger partial charge in [0, 0.05) is 31.9 Å². The van der Waals surface area contributed by atoms with E-state index in [9.17, 15) is 0 Å². The molecule has 1 aliphatic rings. The van der Waals surface area contributed by atoms with Gasteiger partial charge in [0.05, 0.1) is 6.61 Å². The van der Waals surface area contributed by atoms with Crippen molar-refractivity contribution in [3.05, 3.63) is 29.8 Å². The van der Waals surface area contributed by atoms with E-state index in [1.165, 1.54) is 17.7 Å². The molecule has 1 heterocycles. The summed E-state index contributed by atoms with van der Waals surface area (Å²) >= 11 is 0. The average molecular weight is 248 g/mol. The van der Waals surface area contributed by atoms with Crippen molar-refractivity contribution >= 4 is 5.69 Å². The van der Waals surface area contributed by atoms with Crippen molar-refractivity contribution in [2.24, 2.45) is 0 Å². The van der Waals surface area contributed by atoms with Crippen molar-refractivity contribution in [1.82, 2.24) is 5.32 Å². The van der Waals surface area contributed by atoms with Crippen LogP contribution in [0.1, 0.15) is 18.9 Å². The molecule has 1 fully saturated rings. The van der Waals surface area contributed by atoms with Gasteiger partial charge in [-0.2, -0.15) is 0 Å². The Morgan fingerprint density at radius 1 is 1.39 bits per heavy atom. The quantitative estimate of drug-likeness (QED) is 0.883. The lowest BCUT2D eigenvalue weighted by Crippen LogP contribution is -2.35. The summed E-state index contributed by atoms with van der Waals surface area (Å²) in [6.45, 7) is 6.40. The highest BCUT2D eigenvalue weighted by Gasteiger charge is 2.16. The third-order valence-corrected chi connectivity index (χ3v) is 3.50. The first-order valence-corrected chi connectivity index (χ1v) is 6.86. The fraction of sp³-hybridized carbons (Fsp3) is 0.600. The van der Waals surface area contributed by atoms with E-state index in [4.69, 9.17) is 4.74 Å². The summed E-state index contributed by atoms with van der Waals surface area (Å²) in [7, 11) is 1.76. The van der Waals surface area contributed by atoms with Gasteiger partial charge in [0.25, 0.3) is 0 Å². The number of anilines is 1. The van der Waals surface area contributed by atoms with E-state index in [-0.39, 0.29) is 0 Å². The van der Waals surface area contributed by atoms with E-state index in [2.05, 4.69) is 41.4 Å². The van der Waals surface area contributed by atoms with Gasteiger partial charge in [-0.05, 0) is 37.9 Å². The number of hydrogen-bond acceptors (Lipinski definition) is 3. The van der Waals surface area contributed by atoms with Crippen LogP contribution in [0.3, 0.4) is 0 Å². The molecule has 0 bridgehead atoms. The fourth-order valence-electron chi connectivity index (χ4n) is 2.57. The molecule has 100 valence electrons. The molecule has 0 radical (unpaired) electrons. The van der Waals surface area contributed by atoms with Crippen LogP contribution in [-0.2, 0) is 11.2 Å². The van der Waals surface area contributed by atoms with Crippen LogP contribution in [0.4, 0.5) is 5.69 Å². The molecule has 2 rings (SSSR count). The number of nitrogens with zero attached hydrogens (tertiary/aromatic N) is 1. The Kier molecular flexibility index (Phi) is 5.02. The Morgan fingerprint density at radius 3 is 3.06 bits per heavy atom. The van der Waals surface area contributed by atoms with Crippen molar-refractivity contribution in [2.75, 3.05) is 38.3 Å². The molecule has 0 aliphatic carbocycles. The molecule has 1 atom stereocenters. The lowest BCUT2D eigenvalue weighted by Gasteiger charge is -2.27. The standard InChI is InChI=1S/C15H24N2O/c1-13-12-17(10-5-9-16-13)15-7-4-3-6-14(15)8-11-18-2/h3-4,6-7,13,16H,5,8-12H2,1-2H3. The molecule has 18 heavy (non-hydrogen) atoms. The number of nitrogens with one attached hydrogen (secondary N) is 1. The Balaban J connectivity index is 2.14. The maximum absolute atomic E-state index is 5.20. The molecule has 1 aliphatic heterocycles. The Hall–Kier alpha value is -1.06. The molecule has 1 aromatic rings. The van der Waals surface area contributed by atoms with E-state index in [0.29, 0.717) is 6.04 Å². The van der Waals surface area contributed by atoms with Gasteiger partial charge in [-0.25, -0.2) is 0 Å². The first kappa shape index (κ1) is 13.4. The molecular weight excluding hydrogens is 224 g/mol. The summed E-state index contributed by atoms with van der Waals surface area (Å²) < 4.78 is 5.20. The first-order valence-electron chi connectivity index (χ1n) is 6.86. The van der Waals surface area contributed by atoms with Crippen LogP contribution in [0, 0.1) is 0 Å². The third-order valence-electron chi connectivity index (χ3n) is 3.50. The van der Waals surface area contributed by atoms with Crippen LogP contribution in [-0.4, -0.2) is 39.4 Å². The maximum Gasteiger partial charge on any atom is 0.0503 e. The van der Waals surface area contributed by atoms with Crippen molar-refractivity contribution in [3.63, 3.8) is 0 Å². The SMILES string of the molecule is COCCc1ccccc1N1CCCNC(C)C1. The highest BCUT2D eigenvalue weighted by molar-refractivity contribution is 5.54. The van der Waals surface area contributed by atoms with E-state index >= 15 is 0 Å². The number of hydrogen-bond donors (Lipinski definition) is 1.